The number of halogens is 3. The molecule has 2 aromatic heterocycles. The summed E-state index contributed by atoms with van der Waals surface area (Å²) in [5.41, 5.74) is 0.327. The van der Waals surface area contributed by atoms with Gasteiger partial charge in [-0.1, -0.05) is 17.7 Å². The number of aryl methyl sites for hydroxylation is 1. The second-order valence-corrected chi connectivity index (χ2v) is 10.7. The van der Waals surface area contributed by atoms with Crippen LogP contribution in [-0.2, 0) is 11.0 Å². The fraction of sp³-hybridized carbons (Fsp3) is 0.258. The van der Waals surface area contributed by atoms with Crippen molar-refractivity contribution in [2.45, 2.75) is 31.5 Å². The van der Waals surface area contributed by atoms with E-state index < -0.39 is 23.2 Å². The molecule has 1 N–H and O–H groups in total. The van der Waals surface area contributed by atoms with Gasteiger partial charge in [0.05, 0.1) is 35.2 Å². The van der Waals surface area contributed by atoms with Crippen LogP contribution < -0.4 is 10.2 Å². The molecule has 1 spiro atoms. The van der Waals surface area contributed by atoms with Gasteiger partial charge in [-0.25, -0.2) is 4.68 Å². The smallest absolute Gasteiger partial charge is 0.339 e. The summed E-state index contributed by atoms with van der Waals surface area (Å²) in [5, 5.41) is 16.5. The van der Waals surface area contributed by atoms with E-state index in [1.165, 1.54) is 30.6 Å². The lowest BCUT2D eigenvalue weighted by molar-refractivity contribution is -0.137. The number of hydrogen-bond donors (Lipinski definition) is 1. The predicted octanol–water partition coefficient (Wildman–Crippen LogP) is 4.70. The van der Waals surface area contributed by atoms with Crippen LogP contribution in [0.3, 0.4) is 0 Å². The number of rotatable bonds is 4. The molecule has 2 saturated heterocycles. The summed E-state index contributed by atoms with van der Waals surface area (Å²) in [6.07, 6.45) is -1.02. The Morgan fingerprint density at radius 1 is 1.07 bits per heavy atom. The van der Waals surface area contributed by atoms with E-state index in [4.69, 9.17) is 0 Å². The number of amides is 2. The van der Waals surface area contributed by atoms with Gasteiger partial charge < -0.3 is 15.1 Å². The molecule has 9 nitrogen and oxygen atoms in total. The number of piperidine rings is 1. The molecule has 2 aromatic carbocycles. The first kappa shape index (κ1) is 28.0. The lowest BCUT2D eigenvalue weighted by Crippen LogP contribution is -2.57. The van der Waals surface area contributed by atoms with Gasteiger partial charge in [-0.3, -0.25) is 14.6 Å². The third-order valence-corrected chi connectivity index (χ3v) is 8.11. The van der Waals surface area contributed by atoms with Crippen LogP contribution in [0.5, 0.6) is 0 Å². The van der Waals surface area contributed by atoms with Crippen LogP contribution in [0.2, 0.25) is 0 Å². The molecule has 2 fully saturated rings. The largest absolute Gasteiger partial charge is 0.418 e. The summed E-state index contributed by atoms with van der Waals surface area (Å²) >= 11 is 0. The number of benzene rings is 2. The van der Waals surface area contributed by atoms with Gasteiger partial charge >= 0.3 is 6.18 Å². The van der Waals surface area contributed by atoms with E-state index in [1.54, 1.807) is 23.1 Å². The van der Waals surface area contributed by atoms with Gasteiger partial charge in [-0.15, -0.1) is 0 Å². The van der Waals surface area contributed by atoms with Crippen LogP contribution in [0.25, 0.3) is 16.9 Å². The fourth-order valence-electron chi connectivity index (χ4n) is 5.80. The molecule has 2 aliphatic heterocycles. The van der Waals surface area contributed by atoms with Crippen molar-refractivity contribution >= 4 is 17.5 Å². The Labute approximate surface area is 245 Å². The average molecular weight is 586 g/mol. The number of carbonyl (C=O) groups excluding carboxylic acids is 2. The van der Waals surface area contributed by atoms with E-state index in [-0.39, 0.29) is 41.6 Å². The van der Waals surface area contributed by atoms with Gasteiger partial charge in [0.15, 0.2) is 5.69 Å². The highest BCUT2D eigenvalue weighted by atomic mass is 19.4. The van der Waals surface area contributed by atoms with Crippen molar-refractivity contribution in [3.05, 3.63) is 95.4 Å². The van der Waals surface area contributed by atoms with Crippen molar-refractivity contribution < 1.29 is 22.8 Å². The maximum absolute atomic E-state index is 14.1. The zero-order chi connectivity index (χ0) is 30.4. The molecule has 4 aromatic rings. The lowest BCUT2D eigenvalue weighted by atomic mass is 9.85. The van der Waals surface area contributed by atoms with E-state index in [2.05, 4.69) is 15.4 Å². The van der Waals surface area contributed by atoms with Crippen LogP contribution in [0.15, 0.2) is 73.1 Å². The Bertz CT molecular complexity index is 1740. The standard InChI is InChI=1S/C31H26F3N7O2/c1-20-4-7-23(8-5-20)40-19-37-29(43)30(40)10-13-39(14-11-30)28(42)25-16-27(22-3-2-12-36-18-22)41(38-25)26-9-6-21(17-35)15-24(26)31(32,33)34/h2-9,12,15-16,18H,10-11,13-14,19H2,1H3,(H,37,43). The summed E-state index contributed by atoms with van der Waals surface area (Å²) in [4.78, 5) is 34.5. The number of carbonyl (C=O) groups is 2. The highest BCUT2D eigenvalue weighted by Crippen LogP contribution is 2.38. The number of pyridine rings is 1. The summed E-state index contributed by atoms with van der Waals surface area (Å²) in [6.45, 7) is 2.87. The first-order valence-electron chi connectivity index (χ1n) is 13.6. The number of hydrogen-bond acceptors (Lipinski definition) is 6. The minimum absolute atomic E-state index is 0.0430. The monoisotopic (exact) mass is 585 g/mol. The highest BCUT2D eigenvalue weighted by molar-refractivity contribution is 5.96. The zero-order valence-corrected chi connectivity index (χ0v) is 23.1. The number of likely N-dealkylation sites (tertiary alicyclic amines) is 1. The molecule has 0 unspecified atom stereocenters. The number of nitrogens with zero attached hydrogens (tertiary/aromatic N) is 6. The molecule has 0 aliphatic carbocycles. The van der Waals surface area contributed by atoms with E-state index in [9.17, 15) is 28.0 Å². The zero-order valence-electron chi connectivity index (χ0n) is 23.1. The normalized spacial score (nSPS) is 16.3. The molecule has 0 radical (unpaired) electrons. The number of alkyl halides is 3. The number of nitriles is 1. The molecular weight excluding hydrogens is 559 g/mol. The quantitative estimate of drug-likeness (QED) is 0.372. The van der Waals surface area contributed by atoms with Crippen molar-refractivity contribution in [2.75, 3.05) is 24.7 Å². The number of nitrogens with one attached hydrogen (secondary N) is 1. The van der Waals surface area contributed by atoms with Gasteiger partial charge in [0.2, 0.25) is 5.91 Å². The second kappa shape index (κ2) is 10.6. The maximum atomic E-state index is 14.1. The highest BCUT2D eigenvalue weighted by Gasteiger charge is 2.51. The summed E-state index contributed by atoms with van der Waals surface area (Å²) < 4.78 is 43.4. The van der Waals surface area contributed by atoms with Crippen molar-refractivity contribution in [3.63, 3.8) is 0 Å². The molecule has 6 rings (SSSR count). The van der Waals surface area contributed by atoms with Crippen LogP contribution in [0.1, 0.15) is 40.0 Å². The summed E-state index contributed by atoms with van der Waals surface area (Å²) in [6, 6.07) is 17.6. The first-order valence-corrected chi connectivity index (χ1v) is 13.6. The Morgan fingerprint density at radius 2 is 1.81 bits per heavy atom. The predicted molar refractivity (Wildman–Crippen MR) is 151 cm³/mol. The molecule has 0 bridgehead atoms. The van der Waals surface area contributed by atoms with Crippen molar-refractivity contribution in [1.29, 1.82) is 5.26 Å². The summed E-state index contributed by atoms with van der Waals surface area (Å²) in [7, 11) is 0. The van der Waals surface area contributed by atoms with Gasteiger partial charge in [-0.2, -0.15) is 23.5 Å². The van der Waals surface area contributed by atoms with Gasteiger partial charge in [0.25, 0.3) is 5.91 Å². The van der Waals surface area contributed by atoms with Gasteiger partial charge in [-0.05, 0) is 68.3 Å². The second-order valence-electron chi connectivity index (χ2n) is 10.7. The first-order chi connectivity index (χ1) is 20.6. The van der Waals surface area contributed by atoms with Gasteiger partial charge in [0.1, 0.15) is 5.54 Å². The van der Waals surface area contributed by atoms with Crippen LogP contribution in [0.4, 0.5) is 18.9 Å². The lowest BCUT2D eigenvalue weighted by Gasteiger charge is -2.43. The van der Waals surface area contributed by atoms with Crippen molar-refractivity contribution in [1.82, 2.24) is 25.0 Å². The molecule has 0 atom stereocenters. The Kier molecular flexibility index (Phi) is 6.88. The number of anilines is 1. The SMILES string of the molecule is Cc1ccc(N2CNC(=O)C23CCN(C(=O)c2cc(-c4cccnc4)n(-c4ccc(C#N)cc4C(F)(F)F)n2)CC3)cc1. The molecule has 218 valence electrons. The van der Waals surface area contributed by atoms with Crippen molar-refractivity contribution in [3.8, 4) is 23.0 Å². The third-order valence-electron chi connectivity index (χ3n) is 8.11. The maximum Gasteiger partial charge on any atom is 0.418 e. The number of aromatic nitrogens is 3. The van der Waals surface area contributed by atoms with E-state index >= 15 is 0 Å². The molecule has 4 heterocycles. The average Bonchev–Trinajstić information content (AvgIpc) is 3.59. The topological polar surface area (TPSA) is 107 Å². The molecule has 2 aliphatic rings. The Hall–Kier alpha value is -5.18. The van der Waals surface area contributed by atoms with E-state index in [0.717, 1.165) is 22.0 Å². The molecule has 12 heteroatoms. The molecule has 2 amide bonds. The van der Waals surface area contributed by atoms with Crippen LogP contribution in [-0.4, -0.2) is 56.8 Å². The van der Waals surface area contributed by atoms with Crippen molar-refractivity contribution in [2.24, 2.45) is 0 Å². The van der Waals surface area contributed by atoms with E-state index in [0.29, 0.717) is 25.1 Å². The molecule has 0 saturated carbocycles. The summed E-state index contributed by atoms with van der Waals surface area (Å²) in [5.74, 6) is -0.551. The third kappa shape index (κ3) is 4.97. The van der Waals surface area contributed by atoms with E-state index in [1.807, 2.05) is 36.1 Å². The Morgan fingerprint density at radius 3 is 2.47 bits per heavy atom. The Balaban J connectivity index is 1.33. The molecule has 43 heavy (non-hydrogen) atoms. The fourth-order valence-corrected chi connectivity index (χ4v) is 5.80. The molecular formula is C31H26F3N7O2. The minimum Gasteiger partial charge on any atom is -0.339 e. The van der Waals surface area contributed by atoms with Crippen LogP contribution in [0, 0.1) is 18.3 Å². The minimum atomic E-state index is -4.78. The van der Waals surface area contributed by atoms with Crippen LogP contribution >= 0.6 is 0 Å². The van der Waals surface area contributed by atoms with Gasteiger partial charge in [0, 0.05) is 36.7 Å².